The normalized spacial score (nSPS) is 15.0. The van der Waals surface area contributed by atoms with Crippen LogP contribution in [0.4, 0.5) is 35.2 Å². The fraction of sp³-hybridized carbons (Fsp3) is 0.179. The fourth-order valence-corrected chi connectivity index (χ4v) is 4.75. The number of benzene rings is 2. The Labute approximate surface area is 231 Å². The smallest absolute Gasteiger partial charge is 0.339 e. The number of fused-ring (bicyclic) bond motifs is 1. The number of imidazole rings is 1. The van der Waals surface area contributed by atoms with Gasteiger partial charge in [0.05, 0.1) is 24.7 Å². The minimum atomic E-state index is -0.790. The van der Waals surface area contributed by atoms with E-state index in [0.29, 0.717) is 45.9 Å². The summed E-state index contributed by atoms with van der Waals surface area (Å²) in [5.74, 6) is -1.79. The molecule has 0 bridgehead atoms. The van der Waals surface area contributed by atoms with Gasteiger partial charge in [0, 0.05) is 29.9 Å². The monoisotopic (exact) mass is 560 g/mol. The molecule has 2 amide bonds. The maximum Gasteiger partial charge on any atom is 0.346 e. The highest BCUT2D eigenvalue weighted by molar-refractivity contribution is 5.93. The van der Waals surface area contributed by atoms with E-state index >= 15 is 4.39 Å². The Balaban J connectivity index is 1.29. The molecular weight excluding hydrogens is 537 g/mol. The number of hydrogen-bond donors (Lipinski definition) is 3. The number of amides is 2. The summed E-state index contributed by atoms with van der Waals surface area (Å²) < 4.78 is 42.7. The van der Waals surface area contributed by atoms with E-state index in [4.69, 9.17) is 4.84 Å². The van der Waals surface area contributed by atoms with Gasteiger partial charge in [0.1, 0.15) is 40.8 Å². The van der Waals surface area contributed by atoms with E-state index in [1.165, 1.54) is 24.8 Å². The molecule has 4 heterocycles. The second-order valence-corrected chi connectivity index (χ2v) is 9.60. The Morgan fingerprint density at radius 3 is 2.61 bits per heavy atom. The summed E-state index contributed by atoms with van der Waals surface area (Å²) >= 11 is 0. The molecule has 6 rings (SSSR count). The Morgan fingerprint density at radius 2 is 1.80 bits per heavy atom. The molecule has 0 saturated carbocycles. The van der Waals surface area contributed by atoms with Gasteiger partial charge in [0.2, 0.25) is 0 Å². The van der Waals surface area contributed by atoms with Gasteiger partial charge in [-0.3, -0.25) is 4.84 Å². The molecule has 0 radical (unpaired) electrons. The van der Waals surface area contributed by atoms with Crippen molar-refractivity contribution in [1.82, 2.24) is 30.0 Å². The van der Waals surface area contributed by atoms with Gasteiger partial charge < -0.3 is 15.6 Å². The average Bonchev–Trinajstić information content (AvgIpc) is 3.62. The van der Waals surface area contributed by atoms with Crippen LogP contribution in [-0.2, 0) is 4.84 Å². The fourth-order valence-electron chi connectivity index (χ4n) is 4.75. The Morgan fingerprint density at radius 1 is 1.00 bits per heavy atom. The number of halogens is 3. The average molecular weight is 561 g/mol. The SMILES string of the molecule is Cc1cnc(Nc2cc(NC(=O)N3OCC[C@@H]3c3cc(F)cc(F)c3)c(F)cc2C)c(-c2ncnc3[nH]cnc23)c1. The van der Waals surface area contributed by atoms with Gasteiger partial charge in [-0.25, -0.2) is 37.9 Å². The Kier molecular flexibility index (Phi) is 6.71. The first-order valence-corrected chi connectivity index (χ1v) is 12.6. The van der Waals surface area contributed by atoms with Crippen molar-refractivity contribution >= 4 is 34.4 Å². The molecule has 0 unspecified atom stereocenters. The number of aryl methyl sites for hydroxylation is 2. The molecule has 3 N–H and O–H groups in total. The maximum absolute atomic E-state index is 15.0. The van der Waals surface area contributed by atoms with Crippen molar-refractivity contribution in [1.29, 1.82) is 0 Å². The lowest BCUT2D eigenvalue weighted by atomic mass is 10.0. The third kappa shape index (κ3) is 5.14. The lowest BCUT2D eigenvalue weighted by Crippen LogP contribution is -2.34. The van der Waals surface area contributed by atoms with E-state index in [2.05, 4.69) is 35.6 Å². The summed E-state index contributed by atoms with van der Waals surface area (Å²) in [5, 5.41) is 6.70. The molecule has 0 spiro atoms. The summed E-state index contributed by atoms with van der Waals surface area (Å²) in [6, 6.07) is 6.08. The van der Waals surface area contributed by atoms with E-state index in [1.807, 2.05) is 13.0 Å². The third-order valence-corrected chi connectivity index (χ3v) is 6.68. The molecule has 1 atom stereocenters. The number of nitrogens with one attached hydrogen (secondary N) is 3. The highest BCUT2D eigenvalue weighted by atomic mass is 19.1. The zero-order chi connectivity index (χ0) is 28.7. The van der Waals surface area contributed by atoms with Crippen molar-refractivity contribution in [3.05, 3.63) is 89.4 Å². The molecule has 208 valence electrons. The molecule has 3 aromatic heterocycles. The van der Waals surface area contributed by atoms with E-state index < -0.39 is 29.5 Å². The predicted molar refractivity (Wildman–Crippen MR) is 145 cm³/mol. The van der Waals surface area contributed by atoms with Crippen molar-refractivity contribution in [3.8, 4) is 11.3 Å². The largest absolute Gasteiger partial charge is 0.346 e. The van der Waals surface area contributed by atoms with Gasteiger partial charge in [-0.2, -0.15) is 5.06 Å². The minimum Gasteiger partial charge on any atom is -0.339 e. The van der Waals surface area contributed by atoms with E-state index in [0.717, 1.165) is 28.8 Å². The van der Waals surface area contributed by atoms with Crippen LogP contribution in [0.1, 0.15) is 29.2 Å². The van der Waals surface area contributed by atoms with Crippen molar-refractivity contribution in [3.63, 3.8) is 0 Å². The van der Waals surface area contributed by atoms with Crippen LogP contribution in [0, 0.1) is 31.3 Å². The molecule has 1 aliphatic rings. The standard InChI is InChI=1S/C28H23F3N8O2/c1-14-5-19(24-25-27(35-12-33-24)36-13-34-25)26(32-11-14)37-21-10-22(20(31)6-15(21)2)38-28(40)39-23(3-4-41-39)16-7-17(29)9-18(30)8-16/h5-13,23H,3-4H2,1-2H3,(H,32,37)(H,38,40)(H,33,34,35,36)/t23-/m1/s1. The number of carbonyl (C=O) groups excluding carboxylic acids is 1. The number of carbonyl (C=O) groups is 1. The number of nitrogens with zero attached hydrogens (tertiary/aromatic N) is 5. The molecule has 13 heteroatoms. The van der Waals surface area contributed by atoms with Crippen molar-refractivity contribution < 1.29 is 22.8 Å². The van der Waals surface area contributed by atoms with Crippen LogP contribution < -0.4 is 10.6 Å². The number of rotatable bonds is 5. The number of urea groups is 1. The summed E-state index contributed by atoms with van der Waals surface area (Å²) in [5.41, 5.74) is 4.33. The first-order valence-electron chi connectivity index (χ1n) is 12.6. The Bertz CT molecular complexity index is 1770. The van der Waals surface area contributed by atoms with Gasteiger partial charge in [0.25, 0.3) is 0 Å². The zero-order valence-electron chi connectivity index (χ0n) is 21.9. The molecule has 1 saturated heterocycles. The number of aromatic nitrogens is 5. The van der Waals surface area contributed by atoms with Crippen LogP contribution in [0.3, 0.4) is 0 Å². The predicted octanol–water partition coefficient (Wildman–Crippen LogP) is 6.10. The van der Waals surface area contributed by atoms with Crippen LogP contribution in [0.25, 0.3) is 22.4 Å². The molecular formula is C28H23F3N8O2. The number of hydrogen-bond acceptors (Lipinski definition) is 7. The van der Waals surface area contributed by atoms with Gasteiger partial charge in [-0.05, 0) is 60.9 Å². The van der Waals surface area contributed by atoms with Crippen molar-refractivity contribution in [2.45, 2.75) is 26.3 Å². The summed E-state index contributed by atoms with van der Waals surface area (Å²) in [7, 11) is 0. The second kappa shape index (κ2) is 10.5. The number of hydroxylamine groups is 2. The topological polar surface area (TPSA) is 121 Å². The number of pyridine rings is 1. The van der Waals surface area contributed by atoms with Gasteiger partial charge in [-0.15, -0.1) is 0 Å². The molecule has 10 nitrogen and oxygen atoms in total. The lowest BCUT2D eigenvalue weighted by Gasteiger charge is -2.23. The molecule has 41 heavy (non-hydrogen) atoms. The Hall–Kier alpha value is -5.04. The first kappa shape index (κ1) is 26.2. The minimum absolute atomic E-state index is 0.131. The third-order valence-electron chi connectivity index (χ3n) is 6.68. The van der Waals surface area contributed by atoms with Crippen LogP contribution in [0.2, 0.25) is 0 Å². The molecule has 0 aliphatic carbocycles. The lowest BCUT2D eigenvalue weighted by molar-refractivity contribution is -0.0830. The van der Waals surface area contributed by atoms with Crippen molar-refractivity contribution in [2.24, 2.45) is 0 Å². The highest BCUT2D eigenvalue weighted by Crippen LogP contribution is 2.35. The molecule has 1 aliphatic heterocycles. The quantitative estimate of drug-likeness (QED) is 0.237. The van der Waals surface area contributed by atoms with Gasteiger partial charge in [-0.1, -0.05) is 0 Å². The highest BCUT2D eigenvalue weighted by Gasteiger charge is 2.33. The van der Waals surface area contributed by atoms with Crippen molar-refractivity contribution in [2.75, 3.05) is 17.2 Å². The second-order valence-electron chi connectivity index (χ2n) is 9.60. The van der Waals surface area contributed by atoms with E-state index in [-0.39, 0.29) is 17.9 Å². The van der Waals surface area contributed by atoms with E-state index in [9.17, 15) is 13.6 Å². The van der Waals surface area contributed by atoms with Gasteiger partial charge >= 0.3 is 6.03 Å². The molecule has 5 aromatic rings. The number of aromatic amines is 1. The first-order chi connectivity index (χ1) is 19.8. The van der Waals surface area contributed by atoms with Crippen LogP contribution >= 0.6 is 0 Å². The number of H-pyrrole nitrogens is 1. The number of anilines is 3. The van der Waals surface area contributed by atoms with Gasteiger partial charge in [0.15, 0.2) is 5.65 Å². The van der Waals surface area contributed by atoms with E-state index in [1.54, 1.807) is 13.1 Å². The van der Waals surface area contributed by atoms with Crippen LogP contribution in [-0.4, -0.2) is 42.6 Å². The summed E-state index contributed by atoms with van der Waals surface area (Å²) in [6.07, 6.45) is 4.94. The summed E-state index contributed by atoms with van der Waals surface area (Å²) in [4.78, 5) is 39.0. The molecule has 2 aromatic carbocycles. The molecule has 1 fully saturated rings. The van der Waals surface area contributed by atoms with Crippen LogP contribution in [0.15, 0.2) is 55.2 Å². The zero-order valence-corrected chi connectivity index (χ0v) is 21.9. The summed E-state index contributed by atoms with van der Waals surface area (Å²) in [6.45, 7) is 3.75. The maximum atomic E-state index is 15.0. The van der Waals surface area contributed by atoms with Crippen LogP contribution in [0.5, 0.6) is 0 Å².